The Labute approximate surface area is 470 Å². The van der Waals surface area contributed by atoms with E-state index in [-0.39, 0.29) is 71.8 Å². The molecule has 0 radical (unpaired) electrons. The fourth-order valence-electron chi connectivity index (χ4n) is 10.1. The van der Waals surface area contributed by atoms with E-state index in [1.165, 1.54) is 41.7 Å². The molecule has 4 amide bonds. The number of hydrogen-bond acceptors (Lipinski definition) is 13. The number of esters is 1. The molecule has 7 aromatic rings. The highest BCUT2D eigenvalue weighted by Crippen LogP contribution is 2.46. The molecule has 422 valence electrons. The van der Waals surface area contributed by atoms with Gasteiger partial charge in [0.25, 0.3) is 0 Å². The zero-order chi connectivity index (χ0) is 57.1. The molecule has 0 aromatic heterocycles. The molecule has 4 N–H and O–H groups in total. The number of fused-ring (bicyclic) bond motifs is 11. The summed E-state index contributed by atoms with van der Waals surface area (Å²) in [6, 6.07) is 43.3. The van der Waals surface area contributed by atoms with Crippen LogP contribution < -0.4 is 40.2 Å². The van der Waals surface area contributed by atoms with Crippen molar-refractivity contribution in [2.45, 2.75) is 70.1 Å². The highest BCUT2D eigenvalue weighted by Gasteiger charge is 2.42. The predicted octanol–water partition coefficient (Wildman–Crippen LogP) is 8.84. The molecule has 0 saturated carbocycles. The molecule has 2 aliphatic rings. The fraction of sp³-hybridized carbons (Fsp3) is 0.328. The zero-order valence-electron chi connectivity index (χ0n) is 46.4. The monoisotopic (exact) mass is 1100 g/mol. The Morgan fingerprint density at radius 3 is 1.59 bits per heavy atom. The zero-order valence-corrected chi connectivity index (χ0v) is 46.4. The number of carbonyl (C=O) groups excluding carboxylic acids is 5. The Kier molecular flexibility index (Phi) is 18.0. The van der Waals surface area contributed by atoms with Gasteiger partial charge in [-0.3, -0.25) is 14.4 Å². The first-order valence-corrected chi connectivity index (χ1v) is 27.1. The van der Waals surface area contributed by atoms with Crippen molar-refractivity contribution in [1.82, 2.24) is 21.3 Å². The first-order chi connectivity index (χ1) is 39.1. The van der Waals surface area contributed by atoms with Crippen LogP contribution in [0.25, 0.3) is 43.8 Å². The van der Waals surface area contributed by atoms with E-state index in [0.29, 0.717) is 28.6 Å². The van der Waals surface area contributed by atoms with Gasteiger partial charge < -0.3 is 59.2 Å². The second-order valence-corrected chi connectivity index (χ2v) is 20.7. The summed E-state index contributed by atoms with van der Waals surface area (Å²) in [4.78, 5) is 67.9. The van der Waals surface area contributed by atoms with Crippen molar-refractivity contribution in [3.63, 3.8) is 0 Å². The van der Waals surface area contributed by atoms with Gasteiger partial charge in [-0.05, 0) is 108 Å². The summed E-state index contributed by atoms with van der Waals surface area (Å²) in [5, 5.41) is 14.9. The number of carbonyl (C=O) groups is 5. The number of nitrogens with one attached hydrogen (secondary N) is 4. The van der Waals surface area contributed by atoms with E-state index in [2.05, 4.69) is 45.5 Å². The second kappa shape index (κ2) is 25.6. The van der Waals surface area contributed by atoms with Crippen LogP contribution in [0.3, 0.4) is 0 Å². The van der Waals surface area contributed by atoms with E-state index in [1.807, 2.05) is 97.1 Å². The second-order valence-electron chi connectivity index (χ2n) is 20.7. The maximum Gasteiger partial charge on any atom is 0.407 e. The molecule has 9 rings (SSSR count). The van der Waals surface area contributed by atoms with Crippen LogP contribution in [0.5, 0.6) is 23.0 Å². The van der Waals surface area contributed by atoms with Gasteiger partial charge in [-0.25, -0.2) is 9.59 Å². The van der Waals surface area contributed by atoms with Gasteiger partial charge in [-0.2, -0.15) is 0 Å². The summed E-state index contributed by atoms with van der Waals surface area (Å²) in [6.45, 7) is 9.10. The number of alkyl carbamates (subject to hydrolysis) is 1. The molecule has 3 atom stereocenters. The normalized spacial score (nSPS) is 15.5. The molecule has 17 nitrogen and oxygen atoms in total. The molecule has 0 fully saturated rings. The summed E-state index contributed by atoms with van der Waals surface area (Å²) in [7, 11) is 1.20. The summed E-state index contributed by atoms with van der Waals surface area (Å²) >= 11 is 0. The van der Waals surface area contributed by atoms with Crippen LogP contribution in [0.4, 0.5) is 4.79 Å². The van der Waals surface area contributed by atoms with Crippen LogP contribution in [0.1, 0.15) is 57.2 Å². The van der Waals surface area contributed by atoms with Gasteiger partial charge in [-0.1, -0.05) is 115 Å². The first kappa shape index (κ1) is 57.0. The van der Waals surface area contributed by atoms with E-state index >= 15 is 0 Å². The number of rotatable bonds is 12. The lowest BCUT2D eigenvalue weighted by Gasteiger charge is -2.35. The molecular formula is C64H68N4O13. The van der Waals surface area contributed by atoms with Crippen molar-refractivity contribution in [3.05, 3.63) is 156 Å². The lowest BCUT2D eigenvalue weighted by atomic mass is 9.89. The molecule has 1 heterocycles. The molecule has 0 spiro atoms. The molecular weight excluding hydrogens is 1030 g/mol. The Bertz CT molecular complexity index is 3390. The lowest BCUT2D eigenvalue weighted by molar-refractivity contribution is -0.146. The van der Waals surface area contributed by atoms with Crippen molar-refractivity contribution in [2.24, 2.45) is 0 Å². The van der Waals surface area contributed by atoms with Crippen LogP contribution in [-0.4, -0.2) is 120 Å². The highest BCUT2D eigenvalue weighted by atomic mass is 16.6. The van der Waals surface area contributed by atoms with Crippen molar-refractivity contribution < 1.29 is 61.9 Å². The van der Waals surface area contributed by atoms with Crippen molar-refractivity contribution >= 4 is 51.3 Å². The van der Waals surface area contributed by atoms with Crippen LogP contribution >= 0.6 is 0 Å². The SMILES string of the molecule is COC(=O)[C@H](C)NC(=O)[C@](C)(Cc1ccc2c(c1)OCCOCCOc1ccc3ccccc3c1-c1c(ccc3ccccc13)OCCOCCO2)NC(=O)C(C)(C)NC(=O)[C@H](C)NC(=O)OCC1c2ccccc2-c2ccccc21. The Morgan fingerprint density at radius 2 is 1.04 bits per heavy atom. The van der Waals surface area contributed by atoms with Gasteiger partial charge in [0, 0.05) is 23.5 Å². The average molecular weight is 1100 g/mol. The first-order valence-electron chi connectivity index (χ1n) is 27.1. The van der Waals surface area contributed by atoms with E-state index in [9.17, 15) is 24.0 Å². The molecule has 1 aliphatic carbocycles. The van der Waals surface area contributed by atoms with Gasteiger partial charge in [0.05, 0.1) is 33.5 Å². The Hall–Kier alpha value is -8.67. The number of amides is 4. The minimum Gasteiger partial charge on any atom is -0.491 e. The Morgan fingerprint density at radius 1 is 0.543 bits per heavy atom. The van der Waals surface area contributed by atoms with Crippen molar-refractivity contribution in [3.8, 4) is 45.3 Å². The van der Waals surface area contributed by atoms with Gasteiger partial charge in [0.15, 0.2) is 11.5 Å². The number of benzene rings is 7. The average Bonchev–Trinajstić information content (AvgIpc) is 3.80. The number of ether oxygens (including phenoxy) is 8. The molecule has 0 bridgehead atoms. The highest BCUT2D eigenvalue weighted by molar-refractivity contribution is 6.10. The van der Waals surface area contributed by atoms with Crippen molar-refractivity contribution in [1.29, 1.82) is 0 Å². The fourth-order valence-corrected chi connectivity index (χ4v) is 10.1. The maximum atomic E-state index is 14.3. The third-order valence-electron chi connectivity index (χ3n) is 14.4. The van der Waals surface area contributed by atoms with Gasteiger partial charge in [0.1, 0.15) is 67.7 Å². The largest absolute Gasteiger partial charge is 0.491 e. The molecule has 17 heteroatoms. The van der Waals surface area contributed by atoms with Gasteiger partial charge in [-0.15, -0.1) is 0 Å². The third kappa shape index (κ3) is 13.3. The van der Waals surface area contributed by atoms with Crippen molar-refractivity contribution in [2.75, 3.05) is 66.6 Å². The maximum absolute atomic E-state index is 14.3. The molecule has 7 aromatic carbocycles. The third-order valence-corrected chi connectivity index (χ3v) is 14.4. The minimum atomic E-state index is -1.74. The molecule has 81 heavy (non-hydrogen) atoms. The topological polar surface area (TPSA) is 207 Å². The predicted molar refractivity (Wildman–Crippen MR) is 307 cm³/mol. The molecule has 0 unspecified atom stereocenters. The van der Waals surface area contributed by atoms with Gasteiger partial charge in [0.2, 0.25) is 17.7 Å². The number of hydrogen-bond donors (Lipinski definition) is 4. The standard InChI is InChI=1S/C64H68N4O13/c1-40(66-62(73)81-39-51-49-21-13-11-19-47(49)48-20-12-14-22-50(48)51)58(69)67-63(3,4)60(71)68-64(5,61(72)65-41(2)59(70)74-6)38-42-23-26-52-55(37-42)80-36-32-76-31-35-79-54-28-25-44-16-8-10-18-46(44)57(54)56-45-17-9-7-15-43(45)24-27-53(56)78-34-30-75-29-33-77-52/h7-28,37,40-41,51H,29-36,38-39H2,1-6H3,(H,65,72)(H,66,73)(H,67,69)(H,68,71)/t40-,41-,64-/m0/s1. The summed E-state index contributed by atoms with van der Waals surface area (Å²) in [6.07, 6.45) is -0.931. The van der Waals surface area contributed by atoms with Gasteiger partial charge >= 0.3 is 12.1 Å². The summed E-state index contributed by atoms with van der Waals surface area (Å²) in [5.41, 5.74) is 3.22. The van der Waals surface area contributed by atoms with E-state index < -0.39 is 52.9 Å². The van der Waals surface area contributed by atoms with Crippen LogP contribution in [0.15, 0.2) is 140 Å². The Balaban J connectivity index is 0.868. The van der Waals surface area contributed by atoms with E-state index in [1.54, 1.807) is 18.2 Å². The van der Waals surface area contributed by atoms with E-state index in [0.717, 1.165) is 54.9 Å². The summed E-state index contributed by atoms with van der Waals surface area (Å²) in [5.74, 6) is -0.941. The minimum absolute atomic E-state index is 0.0410. The quantitative estimate of drug-likeness (QED) is 0.0845. The lowest BCUT2D eigenvalue weighted by Crippen LogP contribution is -2.66. The summed E-state index contributed by atoms with van der Waals surface area (Å²) < 4.78 is 48.1. The van der Waals surface area contributed by atoms with Crippen LogP contribution in [-0.2, 0) is 44.5 Å². The van der Waals surface area contributed by atoms with E-state index in [4.69, 9.17) is 37.9 Å². The number of methoxy groups -OCH3 is 1. The van der Waals surface area contributed by atoms with Crippen LogP contribution in [0, 0.1) is 0 Å². The molecule has 0 saturated heterocycles. The van der Waals surface area contributed by atoms with Crippen LogP contribution in [0.2, 0.25) is 0 Å². The molecule has 1 aliphatic heterocycles. The smallest absolute Gasteiger partial charge is 0.407 e.